The molecule has 226 valence electrons. The standard InChI is InChI=1S/C31H27ClF2N6O3S/c1-19-11-12-21-22(6-4-9-26(21)40-44(41,42)27-10-3-2-8-24(27)32)28(19)43-29-23(7-5-14-36-29)25-13-15-37-30(39-25)38-20-16-31(33,34)18-35-17-20/h2-15,20,35,40H,16-18H2,1H3,(H,37,38,39)/t20-/m0/s1. The number of nitrogens with zero attached hydrogens (tertiary/aromatic N) is 3. The Morgan fingerprint density at radius 3 is 2.64 bits per heavy atom. The van der Waals surface area contributed by atoms with E-state index in [4.69, 9.17) is 16.3 Å². The number of alkyl halides is 2. The van der Waals surface area contributed by atoms with E-state index < -0.39 is 22.0 Å². The molecule has 0 aliphatic carbocycles. The number of hydrogen-bond donors (Lipinski definition) is 3. The second kappa shape index (κ2) is 11.9. The smallest absolute Gasteiger partial charge is 0.263 e. The number of anilines is 2. The Morgan fingerprint density at radius 2 is 1.82 bits per heavy atom. The van der Waals surface area contributed by atoms with Crippen LogP contribution in [0.4, 0.5) is 20.4 Å². The van der Waals surface area contributed by atoms with Gasteiger partial charge in [-0.15, -0.1) is 0 Å². The number of piperidine rings is 1. The number of aromatic nitrogens is 3. The molecule has 5 aromatic rings. The number of sulfonamides is 1. The summed E-state index contributed by atoms with van der Waals surface area (Å²) in [6.45, 7) is 1.88. The van der Waals surface area contributed by atoms with Gasteiger partial charge in [0.2, 0.25) is 11.8 Å². The fourth-order valence-electron chi connectivity index (χ4n) is 5.09. The van der Waals surface area contributed by atoms with Crippen LogP contribution < -0.4 is 20.1 Å². The largest absolute Gasteiger partial charge is 0.437 e. The first-order chi connectivity index (χ1) is 21.1. The molecule has 0 spiro atoms. The number of aryl methyl sites for hydroxylation is 1. The van der Waals surface area contributed by atoms with Crippen LogP contribution in [0.5, 0.6) is 11.6 Å². The summed E-state index contributed by atoms with van der Waals surface area (Å²) in [7, 11) is -3.98. The molecule has 3 aromatic carbocycles. The molecule has 13 heteroatoms. The van der Waals surface area contributed by atoms with Crippen LogP contribution in [0.15, 0.2) is 90.1 Å². The Hall–Kier alpha value is -4.39. The van der Waals surface area contributed by atoms with Crippen molar-refractivity contribution >= 4 is 44.0 Å². The molecule has 6 rings (SSSR count). The van der Waals surface area contributed by atoms with Crippen molar-refractivity contribution in [2.75, 3.05) is 23.1 Å². The summed E-state index contributed by atoms with van der Waals surface area (Å²) in [5, 5.41) is 7.10. The minimum Gasteiger partial charge on any atom is -0.437 e. The fourth-order valence-corrected chi connectivity index (χ4v) is 6.69. The highest BCUT2D eigenvalue weighted by Crippen LogP contribution is 2.39. The van der Waals surface area contributed by atoms with E-state index in [1.54, 1.807) is 48.7 Å². The molecule has 0 radical (unpaired) electrons. The van der Waals surface area contributed by atoms with Crippen LogP contribution in [0.3, 0.4) is 0 Å². The van der Waals surface area contributed by atoms with Gasteiger partial charge >= 0.3 is 0 Å². The van der Waals surface area contributed by atoms with E-state index >= 15 is 0 Å². The highest BCUT2D eigenvalue weighted by Gasteiger charge is 2.36. The topological polar surface area (TPSA) is 118 Å². The molecule has 1 aliphatic heterocycles. The first kappa shape index (κ1) is 29.7. The molecular formula is C31H27ClF2N6O3S. The lowest BCUT2D eigenvalue weighted by molar-refractivity contribution is -0.0244. The molecule has 2 aromatic heterocycles. The van der Waals surface area contributed by atoms with Crippen LogP contribution >= 0.6 is 11.6 Å². The minimum absolute atomic E-state index is 0.0347. The number of nitrogens with one attached hydrogen (secondary N) is 3. The van der Waals surface area contributed by atoms with Crippen molar-refractivity contribution in [3.63, 3.8) is 0 Å². The molecule has 1 atom stereocenters. The second-order valence-corrected chi connectivity index (χ2v) is 12.5. The quantitative estimate of drug-likeness (QED) is 0.173. The van der Waals surface area contributed by atoms with Gasteiger partial charge in [0, 0.05) is 42.2 Å². The summed E-state index contributed by atoms with van der Waals surface area (Å²) in [5.41, 5.74) is 2.17. The van der Waals surface area contributed by atoms with E-state index in [9.17, 15) is 17.2 Å². The summed E-state index contributed by atoms with van der Waals surface area (Å²) in [5.74, 6) is -1.88. The summed E-state index contributed by atoms with van der Waals surface area (Å²) < 4.78 is 63.3. The lowest BCUT2D eigenvalue weighted by atomic mass is 10.0. The van der Waals surface area contributed by atoms with Gasteiger partial charge in [-0.05, 0) is 48.9 Å². The lowest BCUT2D eigenvalue weighted by Crippen LogP contribution is -2.49. The number of benzene rings is 3. The zero-order valence-corrected chi connectivity index (χ0v) is 25.0. The Morgan fingerprint density at radius 1 is 0.977 bits per heavy atom. The molecule has 0 amide bonds. The Kier molecular flexibility index (Phi) is 8.06. The zero-order chi connectivity index (χ0) is 30.9. The number of ether oxygens (including phenoxy) is 1. The van der Waals surface area contributed by atoms with Gasteiger partial charge in [-0.3, -0.25) is 4.72 Å². The highest BCUT2D eigenvalue weighted by atomic mass is 35.5. The number of hydrogen-bond acceptors (Lipinski definition) is 8. The second-order valence-electron chi connectivity index (χ2n) is 10.4. The molecule has 1 saturated heterocycles. The SMILES string of the molecule is Cc1ccc2c(NS(=O)(=O)c3ccccc3Cl)cccc2c1Oc1ncccc1-c1ccnc(N[C@@H]2CNCC(F)(F)C2)n1. The Balaban J connectivity index is 1.32. The average Bonchev–Trinajstić information content (AvgIpc) is 2.98. The van der Waals surface area contributed by atoms with E-state index in [1.807, 2.05) is 25.1 Å². The van der Waals surface area contributed by atoms with Gasteiger partial charge < -0.3 is 15.4 Å². The van der Waals surface area contributed by atoms with Crippen LogP contribution in [0.1, 0.15) is 12.0 Å². The van der Waals surface area contributed by atoms with Crippen LogP contribution in [-0.2, 0) is 10.0 Å². The van der Waals surface area contributed by atoms with E-state index in [1.165, 1.54) is 18.3 Å². The predicted molar refractivity (Wildman–Crippen MR) is 166 cm³/mol. The average molecular weight is 637 g/mol. The maximum absolute atomic E-state index is 13.9. The molecule has 3 heterocycles. The molecule has 9 nitrogen and oxygen atoms in total. The van der Waals surface area contributed by atoms with Crippen molar-refractivity contribution in [2.45, 2.75) is 30.2 Å². The van der Waals surface area contributed by atoms with Crippen molar-refractivity contribution < 1.29 is 21.9 Å². The molecule has 0 saturated carbocycles. The molecule has 0 bridgehead atoms. The maximum Gasteiger partial charge on any atom is 0.263 e. The molecular weight excluding hydrogens is 610 g/mol. The van der Waals surface area contributed by atoms with Crippen LogP contribution in [0, 0.1) is 6.92 Å². The zero-order valence-electron chi connectivity index (χ0n) is 23.4. The predicted octanol–water partition coefficient (Wildman–Crippen LogP) is 6.66. The van der Waals surface area contributed by atoms with Gasteiger partial charge in [-0.2, -0.15) is 0 Å². The van der Waals surface area contributed by atoms with Crippen LogP contribution in [0.2, 0.25) is 5.02 Å². The summed E-state index contributed by atoms with van der Waals surface area (Å²) >= 11 is 6.17. The van der Waals surface area contributed by atoms with Gasteiger partial charge in [0.1, 0.15) is 10.6 Å². The van der Waals surface area contributed by atoms with Crippen molar-refractivity contribution in [1.29, 1.82) is 0 Å². The van der Waals surface area contributed by atoms with Crippen LogP contribution in [-0.4, -0.2) is 48.4 Å². The van der Waals surface area contributed by atoms with Crippen molar-refractivity contribution in [3.05, 3.63) is 95.8 Å². The lowest BCUT2D eigenvalue weighted by Gasteiger charge is -2.30. The van der Waals surface area contributed by atoms with Gasteiger partial charge in [-0.25, -0.2) is 32.2 Å². The van der Waals surface area contributed by atoms with E-state index in [0.717, 1.165) is 5.56 Å². The number of rotatable bonds is 8. The number of pyridine rings is 1. The van der Waals surface area contributed by atoms with E-state index in [2.05, 4.69) is 30.3 Å². The van der Waals surface area contributed by atoms with Gasteiger partial charge in [0.15, 0.2) is 0 Å². The fraction of sp³-hybridized carbons (Fsp3) is 0.194. The minimum atomic E-state index is -3.98. The first-order valence-corrected chi connectivity index (χ1v) is 15.6. The van der Waals surface area contributed by atoms with Gasteiger partial charge in [0.05, 0.1) is 28.5 Å². The van der Waals surface area contributed by atoms with Crippen molar-refractivity contribution in [2.24, 2.45) is 0 Å². The summed E-state index contributed by atoms with van der Waals surface area (Å²) in [6, 6.07) is 19.7. The van der Waals surface area contributed by atoms with Gasteiger partial charge in [0.25, 0.3) is 15.9 Å². The monoisotopic (exact) mass is 636 g/mol. The van der Waals surface area contributed by atoms with E-state index in [0.29, 0.717) is 40.0 Å². The highest BCUT2D eigenvalue weighted by molar-refractivity contribution is 7.92. The van der Waals surface area contributed by atoms with E-state index in [-0.39, 0.29) is 34.7 Å². The number of halogens is 3. The van der Waals surface area contributed by atoms with Gasteiger partial charge in [-0.1, -0.05) is 48.0 Å². The van der Waals surface area contributed by atoms with Crippen molar-refractivity contribution in [1.82, 2.24) is 20.3 Å². The molecule has 1 fully saturated rings. The normalized spacial score (nSPS) is 16.4. The van der Waals surface area contributed by atoms with Crippen molar-refractivity contribution in [3.8, 4) is 22.9 Å². The third-order valence-electron chi connectivity index (χ3n) is 7.13. The Labute approximate surface area is 257 Å². The molecule has 3 N–H and O–H groups in total. The molecule has 44 heavy (non-hydrogen) atoms. The summed E-state index contributed by atoms with van der Waals surface area (Å²) in [4.78, 5) is 13.2. The number of fused-ring (bicyclic) bond motifs is 1. The summed E-state index contributed by atoms with van der Waals surface area (Å²) in [6.07, 6.45) is 2.79. The molecule has 0 unspecified atom stereocenters. The first-order valence-electron chi connectivity index (χ1n) is 13.7. The third-order valence-corrected chi connectivity index (χ3v) is 9.00. The molecule has 1 aliphatic rings. The Bertz CT molecular complexity index is 1960. The third kappa shape index (κ3) is 6.28. The van der Waals surface area contributed by atoms with Crippen LogP contribution in [0.25, 0.3) is 22.0 Å². The maximum atomic E-state index is 13.9.